The molecule has 0 bridgehead atoms. The van der Waals surface area contributed by atoms with E-state index < -0.39 is 5.97 Å². The molecule has 1 aliphatic rings. The lowest BCUT2D eigenvalue weighted by Gasteiger charge is -2.29. The van der Waals surface area contributed by atoms with Crippen molar-refractivity contribution in [2.75, 3.05) is 11.4 Å². The summed E-state index contributed by atoms with van der Waals surface area (Å²) in [6.07, 6.45) is 7.88. The molecule has 192 valence electrons. The molecule has 1 aliphatic heterocycles. The van der Waals surface area contributed by atoms with E-state index in [1.54, 1.807) is 28.8 Å². The molecule has 0 aliphatic carbocycles. The van der Waals surface area contributed by atoms with Crippen molar-refractivity contribution >= 4 is 34.9 Å². The first kappa shape index (κ1) is 25.9. The van der Waals surface area contributed by atoms with Crippen LogP contribution in [0.25, 0.3) is 17.0 Å². The average Bonchev–Trinajstić information content (AvgIpc) is 3.52. The Morgan fingerprint density at radius 1 is 1.11 bits per heavy atom. The van der Waals surface area contributed by atoms with Crippen LogP contribution in [0.2, 0.25) is 5.02 Å². The fourth-order valence-electron chi connectivity index (χ4n) is 4.93. The fraction of sp³-hybridized carbons (Fsp3) is 0.481. The largest absolute Gasteiger partial charge is 0.481 e. The maximum absolute atomic E-state index is 13.2. The standard InChI is InChI=1S/C27H33ClN4O4/c1-2-3-6-15-31-24(30-16-7-8-22(30)23(33)9-4-5-10-26(35)36)17-25(34)32-18-21(29-27(31)32)19-11-13-20(28)14-12-19/h11-14,17-18,22H,2-10,15-16H2,1H3,(H,35,36)/t22-/m0/s1. The highest BCUT2D eigenvalue weighted by Gasteiger charge is 2.32. The number of aromatic nitrogens is 3. The lowest BCUT2D eigenvalue weighted by Crippen LogP contribution is -2.39. The van der Waals surface area contributed by atoms with Crippen LogP contribution in [0.5, 0.6) is 0 Å². The first-order valence-electron chi connectivity index (χ1n) is 12.8. The van der Waals surface area contributed by atoms with Crippen LogP contribution in [0.3, 0.4) is 0 Å². The molecule has 2 aromatic heterocycles. The van der Waals surface area contributed by atoms with Crippen molar-refractivity contribution in [3.05, 3.63) is 51.9 Å². The van der Waals surface area contributed by atoms with Crippen LogP contribution in [0.4, 0.5) is 5.82 Å². The molecule has 36 heavy (non-hydrogen) atoms. The molecule has 1 atom stereocenters. The van der Waals surface area contributed by atoms with E-state index in [1.807, 2.05) is 12.1 Å². The number of halogens is 1. The number of hydrogen-bond acceptors (Lipinski definition) is 5. The number of benzene rings is 1. The highest BCUT2D eigenvalue weighted by molar-refractivity contribution is 6.30. The molecule has 9 heteroatoms. The quantitative estimate of drug-likeness (QED) is 0.335. The van der Waals surface area contributed by atoms with Crippen LogP contribution in [0.1, 0.15) is 64.7 Å². The van der Waals surface area contributed by atoms with Crippen molar-refractivity contribution in [1.82, 2.24) is 14.0 Å². The third kappa shape index (κ3) is 5.81. The summed E-state index contributed by atoms with van der Waals surface area (Å²) in [5, 5.41) is 9.50. The summed E-state index contributed by atoms with van der Waals surface area (Å²) in [6.45, 7) is 3.54. The van der Waals surface area contributed by atoms with Gasteiger partial charge in [-0.2, -0.15) is 0 Å². The van der Waals surface area contributed by atoms with E-state index >= 15 is 0 Å². The third-order valence-corrected chi connectivity index (χ3v) is 7.06. The van der Waals surface area contributed by atoms with Gasteiger partial charge in [0.05, 0.1) is 11.7 Å². The number of anilines is 1. The molecule has 0 unspecified atom stereocenters. The zero-order valence-electron chi connectivity index (χ0n) is 20.7. The second-order valence-electron chi connectivity index (χ2n) is 9.42. The van der Waals surface area contributed by atoms with E-state index in [-0.39, 0.29) is 23.8 Å². The van der Waals surface area contributed by atoms with Gasteiger partial charge in [0.15, 0.2) is 5.78 Å². The van der Waals surface area contributed by atoms with Gasteiger partial charge in [-0.05, 0) is 44.2 Å². The molecule has 1 N–H and O–H groups in total. The van der Waals surface area contributed by atoms with Gasteiger partial charge in [-0.1, -0.05) is 43.5 Å². The van der Waals surface area contributed by atoms with Crippen LogP contribution in [-0.4, -0.2) is 43.4 Å². The van der Waals surface area contributed by atoms with Crippen molar-refractivity contribution in [2.45, 2.75) is 77.3 Å². The van der Waals surface area contributed by atoms with E-state index in [0.29, 0.717) is 48.8 Å². The molecule has 4 rings (SSSR count). The maximum atomic E-state index is 13.2. The molecular weight excluding hydrogens is 480 g/mol. The number of carbonyl (C=O) groups is 2. The maximum Gasteiger partial charge on any atom is 0.303 e. The second-order valence-corrected chi connectivity index (χ2v) is 9.86. The Labute approximate surface area is 215 Å². The second kappa shape index (κ2) is 11.7. The number of Topliss-reactive ketones (excluding diaryl/α,β-unsaturated/α-hetero) is 1. The van der Waals surface area contributed by atoms with Gasteiger partial charge in [0.1, 0.15) is 5.82 Å². The molecular formula is C27H33ClN4O4. The fourth-order valence-corrected chi connectivity index (χ4v) is 5.06. The highest BCUT2D eigenvalue weighted by atomic mass is 35.5. The molecule has 0 saturated carbocycles. The first-order valence-corrected chi connectivity index (χ1v) is 13.2. The van der Waals surface area contributed by atoms with Crippen LogP contribution in [0, 0.1) is 0 Å². The van der Waals surface area contributed by atoms with E-state index in [9.17, 15) is 14.4 Å². The van der Waals surface area contributed by atoms with Crippen LogP contribution in [-0.2, 0) is 16.1 Å². The molecule has 0 spiro atoms. The lowest BCUT2D eigenvalue weighted by atomic mass is 10.0. The van der Waals surface area contributed by atoms with E-state index in [1.165, 1.54) is 0 Å². The summed E-state index contributed by atoms with van der Waals surface area (Å²) in [7, 11) is 0. The van der Waals surface area contributed by atoms with Gasteiger partial charge in [0.2, 0.25) is 5.78 Å². The summed E-state index contributed by atoms with van der Waals surface area (Å²) >= 11 is 6.05. The minimum atomic E-state index is -0.841. The topological polar surface area (TPSA) is 96.9 Å². The third-order valence-electron chi connectivity index (χ3n) is 6.80. The smallest absolute Gasteiger partial charge is 0.303 e. The van der Waals surface area contributed by atoms with Crippen molar-refractivity contribution in [3.8, 4) is 11.3 Å². The van der Waals surface area contributed by atoms with E-state index in [0.717, 1.165) is 43.5 Å². The molecule has 8 nitrogen and oxygen atoms in total. The first-order chi connectivity index (χ1) is 17.4. The Hall–Kier alpha value is -3.13. The summed E-state index contributed by atoms with van der Waals surface area (Å²) < 4.78 is 3.66. The normalized spacial score (nSPS) is 15.6. The Kier molecular flexibility index (Phi) is 8.46. The summed E-state index contributed by atoms with van der Waals surface area (Å²) in [5.41, 5.74) is 1.39. The van der Waals surface area contributed by atoms with Gasteiger partial charge < -0.3 is 10.0 Å². The van der Waals surface area contributed by atoms with E-state index in [4.69, 9.17) is 21.7 Å². The molecule has 3 aromatic rings. The van der Waals surface area contributed by atoms with Gasteiger partial charge in [-0.3, -0.25) is 23.4 Å². The Bertz CT molecular complexity index is 1280. The predicted octanol–water partition coefficient (Wildman–Crippen LogP) is 5.19. The number of aryl methyl sites for hydroxylation is 1. The number of aliphatic carboxylic acids is 1. The zero-order chi connectivity index (χ0) is 25.7. The summed E-state index contributed by atoms with van der Waals surface area (Å²) in [4.78, 5) is 44.0. The van der Waals surface area contributed by atoms with Gasteiger partial charge in [-0.25, -0.2) is 4.98 Å². The molecule has 0 amide bonds. The average molecular weight is 513 g/mol. The van der Waals surface area contributed by atoms with Gasteiger partial charge in [-0.15, -0.1) is 0 Å². The molecule has 0 radical (unpaired) electrons. The predicted molar refractivity (Wildman–Crippen MR) is 141 cm³/mol. The molecule has 1 fully saturated rings. The van der Waals surface area contributed by atoms with Crippen LogP contribution in [0.15, 0.2) is 41.3 Å². The van der Waals surface area contributed by atoms with Crippen molar-refractivity contribution in [1.29, 1.82) is 0 Å². The van der Waals surface area contributed by atoms with Crippen LogP contribution >= 0.6 is 11.6 Å². The number of hydrogen-bond donors (Lipinski definition) is 1. The minimum Gasteiger partial charge on any atom is -0.481 e. The summed E-state index contributed by atoms with van der Waals surface area (Å²) in [6, 6.07) is 8.70. The number of carbonyl (C=O) groups excluding carboxylic acids is 1. The van der Waals surface area contributed by atoms with Gasteiger partial charge in [0, 0.05) is 48.8 Å². The Balaban J connectivity index is 1.69. The van der Waals surface area contributed by atoms with E-state index in [2.05, 4.69) is 16.4 Å². The van der Waals surface area contributed by atoms with Crippen molar-refractivity contribution in [3.63, 3.8) is 0 Å². The number of fused-ring (bicyclic) bond motifs is 1. The Morgan fingerprint density at radius 3 is 2.58 bits per heavy atom. The SMILES string of the molecule is CCCCCn1c(N2CCC[C@H]2C(=O)CCCCC(=O)O)cc(=O)n2cc(-c3ccc(Cl)cc3)nc12. The number of nitrogens with zero attached hydrogens (tertiary/aromatic N) is 4. The number of carboxylic acids is 1. The highest BCUT2D eigenvalue weighted by Crippen LogP contribution is 2.29. The number of carboxylic acid groups (broad SMARTS) is 1. The number of unbranched alkanes of at least 4 members (excludes halogenated alkanes) is 3. The zero-order valence-corrected chi connectivity index (χ0v) is 21.4. The number of ketones is 1. The molecule has 1 aromatic carbocycles. The van der Waals surface area contributed by atoms with Gasteiger partial charge in [0.25, 0.3) is 5.56 Å². The van der Waals surface area contributed by atoms with Crippen LogP contribution < -0.4 is 10.5 Å². The monoisotopic (exact) mass is 512 g/mol. The number of imidazole rings is 1. The minimum absolute atomic E-state index is 0.0745. The molecule has 1 saturated heterocycles. The van der Waals surface area contributed by atoms with Crippen molar-refractivity contribution < 1.29 is 14.7 Å². The van der Waals surface area contributed by atoms with Gasteiger partial charge >= 0.3 is 5.97 Å². The molecule has 3 heterocycles. The summed E-state index contributed by atoms with van der Waals surface area (Å²) in [5.74, 6) is 0.568. The Morgan fingerprint density at radius 2 is 1.86 bits per heavy atom. The lowest BCUT2D eigenvalue weighted by molar-refractivity contribution is -0.137. The number of rotatable bonds is 12. The van der Waals surface area contributed by atoms with Crippen molar-refractivity contribution in [2.24, 2.45) is 0 Å².